The number of carbonyl (C=O) groups is 2. The minimum absolute atomic E-state index is 0.0921. The first-order chi connectivity index (χ1) is 9.06. The van der Waals surface area contributed by atoms with Crippen molar-refractivity contribution in [3.63, 3.8) is 0 Å². The summed E-state index contributed by atoms with van der Waals surface area (Å²) in [5, 5.41) is 9.20. The minimum atomic E-state index is -1.40. The number of carboxylic acid groups (broad SMARTS) is 1. The Kier molecular flexibility index (Phi) is 3.97. The third kappa shape index (κ3) is 3.42. The molecule has 0 radical (unpaired) electrons. The Hall–Kier alpha value is -2.13. The van der Waals surface area contributed by atoms with E-state index in [1.165, 1.54) is 0 Å². The number of ketones is 1. The van der Waals surface area contributed by atoms with E-state index in [2.05, 4.69) is 0 Å². The van der Waals surface area contributed by atoms with Crippen LogP contribution >= 0.6 is 11.6 Å². The number of aliphatic carboxylic acids is 1. The Labute approximate surface area is 115 Å². The zero-order valence-electron chi connectivity index (χ0n) is 9.97. The SMILES string of the molecule is O=C(O)C(=O)Cc1ccc(-c2cccc(Cl)c2)cc1. The third-order valence-corrected chi connectivity index (χ3v) is 2.95. The molecular formula is C15H11ClO3. The molecular weight excluding hydrogens is 264 g/mol. The summed E-state index contributed by atoms with van der Waals surface area (Å²) in [7, 11) is 0. The van der Waals surface area contributed by atoms with E-state index in [0.717, 1.165) is 11.1 Å². The molecule has 2 aromatic rings. The molecule has 0 amide bonds. The van der Waals surface area contributed by atoms with Gasteiger partial charge in [-0.3, -0.25) is 4.79 Å². The van der Waals surface area contributed by atoms with Crippen molar-refractivity contribution in [1.82, 2.24) is 0 Å². The highest BCUT2D eigenvalue weighted by molar-refractivity contribution is 6.33. The van der Waals surface area contributed by atoms with Gasteiger partial charge in [0.05, 0.1) is 0 Å². The lowest BCUT2D eigenvalue weighted by Crippen LogP contribution is -2.14. The van der Waals surface area contributed by atoms with Crippen LogP contribution < -0.4 is 0 Å². The van der Waals surface area contributed by atoms with Gasteiger partial charge in [-0.2, -0.15) is 0 Å². The highest BCUT2D eigenvalue weighted by Gasteiger charge is 2.11. The molecule has 0 aromatic heterocycles. The van der Waals surface area contributed by atoms with Crippen molar-refractivity contribution in [2.45, 2.75) is 6.42 Å². The summed E-state index contributed by atoms with van der Waals surface area (Å²) >= 11 is 5.92. The lowest BCUT2D eigenvalue weighted by molar-refractivity contribution is -0.148. The molecule has 0 saturated carbocycles. The van der Waals surface area contributed by atoms with Gasteiger partial charge < -0.3 is 5.11 Å². The molecule has 4 heteroatoms. The number of benzene rings is 2. The second kappa shape index (κ2) is 5.67. The molecule has 96 valence electrons. The third-order valence-electron chi connectivity index (χ3n) is 2.72. The summed E-state index contributed by atoms with van der Waals surface area (Å²) in [6, 6.07) is 14.6. The van der Waals surface area contributed by atoms with Gasteiger partial charge in [0, 0.05) is 11.4 Å². The summed E-state index contributed by atoms with van der Waals surface area (Å²) in [4.78, 5) is 21.6. The first-order valence-electron chi connectivity index (χ1n) is 5.67. The van der Waals surface area contributed by atoms with E-state index < -0.39 is 11.8 Å². The summed E-state index contributed by atoms with van der Waals surface area (Å²) in [5.74, 6) is -2.21. The van der Waals surface area contributed by atoms with Crippen LogP contribution in [0.3, 0.4) is 0 Å². The Morgan fingerprint density at radius 3 is 2.26 bits per heavy atom. The maximum Gasteiger partial charge on any atom is 0.372 e. The number of carbonyl (C=O) groups excluding carboxylic acids is 1. The summed E-state index contributed by atoms with van der Waals surface area (Å²) in [5.41, 5.74) is 2.62. The standard InChI is InChI=1S/C15H11ClO3/c16-13-3-1-2-12(9-13)11-6-4-10(5-7-11)8-14(17)15(18)19/h1-7,9H,8H2,(H,18,19). The summed E-state index contributed by atoms with van der Waals surface area (Å²) in [6.45, 7) is 0. The number of hydrogen-bond acceptors (Lipinski definition) is 2. The van der Waals surface area contributed by atoms with Crippen molar-refractivity contribution in [2.75, 3.05) is 0 Å². The van der Waals surface area contributed by atoms with Crippen LogP contribution in [0.4, 0.5) is 0 Å². The number of rotatable bonds is 4. The molecule has 0 aliphatic rings. The zero-order valence-corrected chi connectivity index (χ0v) is 10.7. The topological polar surface area (TPSA) is 54.4 Å². The van der Waals surface area contributed by atoms with Gasteiger partial charge in [0.25, 0.3) is 0 Å². The van der Waals surface area contributed by atoms with Gasteiger partial charge in [-0.05, 0) is 28.8 Å². The van der Waals surface area contributed by atoms with Gasteiger partial charge in [0.2, 0.25) is 5.78 Å². The molecule has 0 aliphatic carbocycles. The van der Waals surface area contributed by atoms with E-state index in [1.54, 1.807) is 18.2 Å². The molecule has 3 nitrogen and oxygen atoms in total. The predicted molar refractivity (Wildman–Crippen MR) is 73.2 cm³/mol. The molecule has 2 aromatic carbocycles. The van der Waals surface area contributed by atoms with Crippen LogP contribution in [0.25, 0.3) is 11.1 Å². The normalized spacial score (nSPS) is 10.2. The van der Waals surface area contributed by atoms with E-state index in [9.17, 15) is 9.59 Å². The van der Waals surface area contributed by atoms with Crippen LogP contribution in [-0.4, -0.2) is 16.9 Å². The van der Waals surface area contributed by atoms with Gasteiger partial charge in [-0.25, -0.2) is 4.79 Å². The van der Waals surface area contributed by atoms with Crippen LogP contribution in [0, 0.1) is 0 Å². The van der Waals surface area contributed by atoms with Gasteiger partial charge in [-0.15, -0.1) is 0 Å². The molecule has 19 heavy (non-hydrogen) atoms. The second-order valence-electron chi connectivity index (χ2n) is 4.11. The van der Waals surface area contributed by atoms with Crippen LogP contribution in [-0.2, 0) is 16.0 Å². The fourth-order valence-electron chi connectivity index (χ4n) is 1.74. The molecule has 0 spiro atoms. The van der Waals surface area contributed by atoms with Gasteiger partial charge in [-0.1, -0.05) is 48.0 Å². The van der Waals surface area contributed by atoms with Crippen molar-refractivity contribution in [3.8, 4) is 11.1 Å². The maximum absolute atomic E-state index is 11.1. The molecule has 2 rings (SSSR count). The molecule has 0 heterocycles. The van der Waals surface area contributed by atoms with Gasteiger partial charge in [0.1, 0.15) is 0 Å². The Morgan fingerprint density at radius 1 is 1.00 bits per heavy atom. The van der Waals surface area contributed by atoms with Crippen LogP contribution in [0.15, 0.2) is 48.5 Å². The Morgan fingerprint density at radius 2 is 1.68 bits per heavy atom. The average Bonchev–Trinajstić information content (AvgIpc) is 2.39. The predicted octanol–water partition coefficient (Wildman–Crippen LogP) is 3.20. The van der Waals surface area contributed by atoms with Crippen molar-refractivity contribution in [3.05, 3.63) is 59.1 Å². The molecule has 0 aliphatic heterocycles. The lowest BCUT2D eigenvalue weighted by atomic mass is 10.0. The van der Waals surface area contributed by atoms with Crippen LogP contribution in [0.1, 0.15) is 5.56 Å². The van der Waals surface area contributed by atoms with Crippen molar-refractivity contribution < 1.29 is 14.7 Å². The molecule has 1 N–H and O–H groups in total. The van der Waals surface area contributed by atoms with Crippen LogP contribution in [0.5, 0.6) is 0 Å². The molecule has 0 fully saturated rings. The molecule has 0 bridgehead atoms. The molecule has 0 saturated heterocycles. The highest BCUT2D eigenvalue weighted by Crippen LogP contribution is 2.23. The van der Waals surface area contributed by atoms with E-state index in [4.69, 9.17) is 16.7 Å². The monoisotopic (exact) mass is 274 g/mol. The minimum Gasteiger partial charge on any atom is -0.475 e. The highest BCUT2D eigenvalue weighted by atomic mass is 35.5. The number of carboxylic acids is 1. The van der Waals surface area contributed by atoms with Crippen molar-refractivity contribution in [2.24, 2.45) is 0 Å². The fourth-order valence-corrected chi connectivity index (χ4v) is 1.93. The van der Waals surface area contributed by atoms with E-state index in [-0.39, 0.29) is 6.42 Å². The largest absolute Gasteiger partial charge is 0.475 e. The summed E-state index contributed by atoms with van der Waals surface area (Å²) < 4.78 is 0. The van der Waals surface area contributed by atoms with Gasteiger partial charge in [0.15, 0.2) is 0 Å². The van der Waals surface area contributed by atoms with E-state index in [1.807, 2.05) is 30.3 Å². The van der Waals surface area contributed by atoms with E-state index >= 15 is 0 Å². The molecule has 0 unspecified atom stereocenters. The van der Waals surface area contributed by atoms with E-state index in [0.29, 0.717) is 10.6 Å². The molecule has 0 atom stereocenters. The second-order valence-corrected chi connectivity index (χ2v) is 4.55. The number of Topliss-reactive ketones (excluding diaryl/α,β-unsaturated/α-hetero) is 1. The first-order valence-corrected chi connectivity index (χ1v) is 6.05. The number of hydrogen-bond donors (Lipinski definition) is 1. The number of halogens is 1. The smallest absolute Gasteiger partial charge is 0.372 e. The van der Waals surface area contributed by atoms with Crippen molar-refractivity contribution in [1.29, 1.82) is 0 Å². The zero-order chi connectivity index (χ0) is 13.8. The quantitative estimate of drug-likeness (QED) is 0.871. The fraction of sp³-hybridized carbons (Fsp3) is 0.0667. The Bertz CT molecular complexity index is 618. The first kappa shape index (κ1) is 13.3. The van der Waals surface area contributed by atoms with Crippen molar-refractivity contribution >= 4 is 23.4 Å². The van der Waals surface area contributed by atoms with Crippen LogP contribution in [0.2, 0.25) is 5.02 Å². The Balaban J connectivity index is 2.19. The maximum atomic E-state index is 11.1. The average molecular weight is 275 g/mol. The summed E-state index contributed by atoms with van der Waals surface area (Å²) in [6.07, 6.45) is -0.0921. The van der Waals surface area contributed by atoms with Gasteiger partial charge >= 0.3 is 5.97 Å². The lowest BCUT2D eigenvalue weighted by Gasteiger charge is -2.04.